The Hall–Kier alpha value is -2.40. The molecule has 2 aromatic carbocycles. The molecule has 1 heterocycles. The predicted octanol–water partition coefficient (Wildman–Crippen LogP) is 4.11. The first-order valence-corrected chi connectivity index (χ1v) is 9.57. The number of hydrogen-bond acceptors (Lipinski definition) is 2. The Labute approximate surface area is 161 Å². The van der Waals surface area contributed by atoms with Crippen molar-refractivity contribution in [2.24, 2.45) is 5.92 Å². The molecule has 132 valence electrons. The number of rotatable bonds is 6. The van der Waals surface area contributed by atoms with Gasteiger partial charge in [0.2, 0.25) is 5.91 Å². The van der Waals surface area contributed by atoms with Crippen LogP contribution in [0.25, 0.3) is 0 Å². The largest absolute Gasteiger partial charge is 0.352 e. The molecule has 1 amide bonds. The summed E-state index contributed by atoms with van der Waals surface area (Å²) in [6, 6.07) is 18.5. The number of hydrogen-bond donors (Lipinski definition) is 1. The molecule has 1 fully saturated rings. The van der Waals surface area contributed by atoms with Crippen LogP contribution in [0.5, 0.6) is 0 Å². The molecule has 1 aromatic heterocycles. The maximum atomic E-state index is 12.4. The fourth-order valence-electron chi connectivity index (χ4n) is 3.23. The predicted molar refractivity (Wildman–Crippen MR) is 105 cm³/mol. The molecule has 0 aliphatic heterocycles. The van der Waals surface area contributed by atoms with Crippen LogP contribution in [0, 0.1) is 5.92 Å². The fraction of sp³-hybridized carbons (Fsp3) is 0.238. The lowest BCUT2D eigenvalue weighted by molar-refractivity contribution is -0.122. The molecular weight excluding hydrogens is 390 g/mol. The van der Waals surface area contributed by atoms with Gasteiger partial charge in [-0.3, -0.25) is 9.48 Å². The lowest BCUT2D eigenvalue weighted by Crippen LogP contribution is -2.24. The minimum absolute atomic E-state index is 0.107. The maximum absolute atomic E-state index is 12.4. The molecule has 4 nitrogen and oxygen atoms in total. The van der Waals surface area contributed by atoms with E-state index in [4.69, 9.17) is 0 Å². The molecule has 0 radical (unpaired) electrons. The van der Waals surface area contributed by atoms with E-state index in [9.17, 15) is 4.79 Å². The third-order valence-corrected chi connectivity index (χ3v) is 5.35. The van der Waals surface area contributed by atoms with Gasteiger partial charge in [0.1, 0.15) is 0 Å². The Balaban J connectivity index is 1.27. The molecule has 1 saturated carbocycles. The minimum Gasteiger partial charge on any atom is -0.352 e. The molecule has 3 aromatic rings. The summed E-state index contributed by atoms with van der Waals surface area (Å²) in [6.45, 7) is 1.33. The van der Waals surface area contributed by atoms with Crippen molar-refractivity contribution in [3.8, 4) is 0 Å². The number of nitrogens with zero attached hydrogens (tertiary/aromatic N) is 2. The second-order valence-corrected chi connectivity index (χ2v) is 7.65. The van der Waals surface area contributed by atoms with Crippen LogP contribution in [0.15, 0.2) is 71.5 Å². The highest BCUT2D eigenvalue weighted by Crippen LogP contribution is 2.47. The quantitative estimate of drug-likeness (QED) is 0.665. The monoisotopic (exact) mass is 409 g/mol. The summed E-state index contributed by atoms with van der Waals surface area (Å²) in [4.78, 5) is 12.4. The van der Waals surface area contributed by atoms with E-state index in [1.54, 1.807) is 6.20 Å². The van der Waals surface area contributed by atoms with Crippen LogP contribution < -0.4 is 5.32 Å². The van der Waals surface area contributed by atoms with Gasteiger partial charge in [-0.25, -0.2) is 0 Å². The van der Waals surface area contributed by atoms with Crippen LogP contribution in [0.3, 0.4) is 0 Å². The van der Waals surface area contributed by atoms with Gasteiger partial charge < -0.3 is 5.32 Å². The molecule has 4 rings (SSSR count). The van der Waals surface area contributed by atoms with Crippen molar-refractivity contribution in [2.75, 3.05) is 0 Å². The molecule has 1 N–H and O–H groups in total. The van der Waals surface area contributed by atoms with Crippen molar-refractivity contribution in [3.63, 3.8) is 0 Å². The maximum Gasteiger partial charge on any atom is 0.224 e. The van der Waals surface area contributed by atoms with Gasteiger partial charge in [0.25, 0.3) is 0 Å². The lowest BCUT2D eigenvalue weighted by Gasteiger charge is -2.07. The molecule has 1 aliphatic rings. The van der Waals surface area contributed by atoms with Crippen molar-refractivity contribution >= 4 is 21.8 Å². The average Bonchev–Trinajstić information content (AvgIpc) is 3.30. The van der Waals surface area contributed by atoms with E-state index in [-0.39, 0.29) is 11.8 Å². The van der Waals surface area contributed by atoms with Gasteiger partial charge in [-0.1, -0.05) is 52.3 Å². The van der Waals surface area contributed by atoms with Gasteiger partial charge in [-0.15, -0.1) is 0 Å². The van der Waals surface area contributed by atoms with E-state index in [1.165, 1.54) is 11.1 Å². The van der Waals surface area contributed by atoms with E-state index < -0.39 is 0 Å². The molecule has 0 bridgehead atoms. The average molecular weight is 410 g/mol. The smallest absolute Gasteiger partial charge is 0.224 e. The van der Waals surface area contributed by atoms with Crippen molar-refractivity contribution in [1.82, 2.24) is 15.1 Å². The normalized spacial score (nSPS) is 18.5. The zero-order chi connectivity index (χ0) is 17.9. The van der Waals surface area contributed by atoms with Gasteiger partial charge in [-0.05, 0) is 47.2 Å². The first kappa shape index (κ1) is 17.0. The Kier molecular flexibility index (Phi) is 4.89. The molecule has 5 heteroatoms. The summed E-state index contributed by atoms with van der Waals surface area (Å²) in [5.41, 5.74) is 3.56. The zero-order valence-corrected chi connectivity index (χ0v) is 15.9. The second kappa shape index (κ2) is 7.46. The summed E-state index contributed by atoms with van der Waals surface area (Å²) < 4.78 is 2.96. The van der Waals surface area contributed by atoms with Crippen molar-refractivity contribution < 1.29 is 4.79 Å². The molecule has 26 heavy (non-hydrogen) atoms. The number of aromatic nitrogens is 2. The van der Waals surface area contributed by atoms with E-state index in [0.717, 1.165) is 23.0 Å². The summed E-state index contributed by atoms with van der Waals surface area (Å²) >= 11 is 3.45. The van der Waals surface area contributed by atoms with Crippen LogP contribution >= 0.6 is 15.9 Å². The number of carbonyl (C=O) groups excluding carboxylic acids is 1. The third kappa shape index (κ3) is 4.05. The molecule has 2 atom stereocenters. The van der Waals surface area contributed by atoms with Gasteiger partial charge in [0.15, 0.2) is 0 Å². The number of benzene rings is 2. The van der Waals surface area contributed by atoms with Gasteiger partial charge >= 0.3 is 0 Å². The number of nitrogens with one attached hydrogen (secondary N) is 1. The van der Waals surface area contributed by atoms with Crippen molar-refractivity contribution in [1.29, 1.82) is 0 Å². The standard InChI is InChI=1S/C21H20BrN3O/c22-18-8-6-17(7-9-18)19-12-20(19)21(26)23-13-15-2-4-16(5-3-15)14-25-11-1-10-24-25/h1-11,19-20H,12-14H2,(H,23,26). The Morgan fingerprint density at radius 1 is 1.12 bits per heavy atom. The number of carbonyl (C=O) groups is 1. The van der Waals surface area contributed by atoms with E-state index in [0.29, 0.717) is 12.5 Å². The summed E-state index contributed by atoms with van der Waals surface area (Å²) in [5.74, 6) is 0.619. The SMILES string of the molecule is O=C(NCc1ccc(Cn2cccn2)cc1)C1CC1c1ccc(Br)cc1. The number of halogens is 1. The highest BCUT2D eigenvalue weighted by Gasteiger charge is 2.43. The molecule has 0 spiro atoms. The first-order valence-electron chi connectivity index (χ1n) is 8.77. The summed E-state index contributed by atoms with van der Waals surface area (Å²) in [5, 5.41) is 7.28. The van der Waals surface area contributed by atoms with E-state index in [2.05, 4.69) is 62.7 Å². The van der Waals surface area contributed by atoms with Crippen LogP contribution in [-0.2, 0) is 17.9 Å². The van der Waals surface area contributed by atoms with Crippen molar-refractivity contribution in [2.45, 2.75) is 25.4 Å². The third-order valence-electron chi connectivity index (χ3n) is 4.82. The summed E-state index contributed by atoms with van der Waals surface area (Å²) in [6.07, 6.45) is 4.67. The van der Waals surface area contributed by atoms with E-state index >= 15 is 0 Å². The zero-order valence-electron chi connectivity index (χ0n) is 14.3. The van der Waals surface area contributed by atoms with Crippen molar-refractivity contribution in [3.05, 3.63) is 88.2 Å². The van der Waals surface area contributed by atoms with Crippen LogP contribution in [0.2, 0.25) is 0 Å². The van der Waals surface area contributed by atoms with Gasteiger partial charge in [0, 0.05) is 29.3 Å². The molecule has 2 unspecified atom stereocenters. The summed E-state index contributed by atoms with van der Waals surface area (Å²) in [7, 11) is 0. The highest BCUT2D eigenvalue weighted by molar-refractivity contribution is 9.10. The molecular formula is C21H20BrN3O. The Morgan fingerprint density at radius 3 is 2.54 bits per heavy atom. The first-order chi connectivity index (χ1) is 12.7. The second-order valence-electron chi connectivity index (χ2n) is 6.74. The highest BCUT2D eigenvalue weighted by atomic mass is 79.9. The fourth-order valence-corrected chi connectivity index (χ4v) is 3.49. The molecule has 0 saturated heterocycles. The van der Waals surface area contributed by atoms with Crippen LogP contribution in [0.1, 0.15) is 29.0 Å². The molecule has 1 aliphatic carbocycles. The Morgan fingerprint density at radius 2 is 1.85 bits per heavy atom. The minimum atomic E-state index is 0.107. The van der Waals surface area contributed by atoms with Gasteiger partial charge in [-0.2, -0.15) is 5.10 Å². The van der Waals surface area contributed by atoms with Gasteiger partial charge in [0.05, 0.1) is 6.54 Å². The van der Waals surface area contributed by atoms with Crippen LogP contribution in [-0.4, -0.2) is 15.7 Å². The Bertz CT molecular complexity index is 873. The van der Waals surface area contributed by atoms with Crippen LogP contribution in [0.4, 0.5) is 0 Å². The number of amides is 1. The lowest BCUT2D eigenvalue weighted by atomic mass is 10.1. The topological polar surface area (TPSA) is 46.9 Å². The van der Waals surface area contributed by atoms with E-state index in [1.807, 2.05) is 29.1 Å².